The molecule has 0 amide bonds. The summed E-state index contributed by atoms with van der Waals surface area (Å²) in [5.41, 5.74) is 0. The molecule has 0 bridgehead atoms. The highest BCUT2D eigenvalue weighted by atomic mass is 35.5. The molecule has 0 aliphatic rings. The molecule has 1 aromatic heterocycles. The largest absolute Gasteiger partial charge is 1.00 e. The summed E-state index contributed by atoms with van der Waals surface area (Å²) >= 11 is 15.7. The maximum atomic E-state index is 5.23. The summed E-state index contributed by atoms with van der Waals surface area (Å²) in [5, 5.41) is 6.77. The molecule has 0 atom stereocenters. The molecule has 52 valence electrons. The van der Waals surface area contributed by atoms with Crippen LogP contribution in [0.3, 0.4) is 0 Å². The van der Waals surface area contributed by atoms with Gasteiger partial charge in [-0.05, 0) is 11.6 Å². The molecule has 1 rings (SSSR count). The van der Waals surface area contributed by atoms with Gasteiger partial charge in [-0.15, -0.1) is 0 Å². The van der Waals surface area contributed by atoms with E-state index in [4.69, 9.17) is 35.2 Å². The molecule has 0 aromatic carbocycles. The Morgan fingerprint density at radius 2 is 2.11 bits per heavy atom. The first kappa shape index (κ1) is 9.23. The summed E-state index contributed by atoms with van der Waals surface area (Å²) < 4.78 is 1.56. The molecule has 0 N–H and O–H groups in total. The smallest absolute Gasteiger partial charge is 0.403 e. The minimum Gasteiger partial charge on any atom is -1.00 e. The van der Waals surface area contributed by atoms with E-state index in [2.05, 4.69) is 10.2 Å². The fourth-order valence-corrected chi connectivity index (χ4v) is 0.661. The van der Waals surface area contributed by atoms with Crippen LogP contribution in [0.1, 0.15) is 0 Å². The average molecular weight is 210 g/mol. The number of hydrogen-bond donors (Lipinski definition) is 0. The van der Waals surface area contributed by atoms with Gasteiger partial charge in [0.2, 0.25) is 0 Å². The highest BCUT2D eigenvalue weighted by Crippen LogP contribution is 1.93. The topological polar surface area (TPSA) is 34.6 Å². The molecule has 0 aliphatic carbocycles. The average Bonchev–Trinajstić information content (AvgIpc) is 1.85. The van der Waals surface area contributed by atoms with E-state index >= 15 is 0 Å². The maximum Gasteiger partial charge on any atom is 0.403 e. The van der Waals surface area contributed by atoms with Gasteiger partial charge in [-0.1, -0.05) is 0 Å². The standard InChI is InChI=1S/CCl3N4.ClH/c2-1-5-7(3)8(4)6-1;/h;1H/q+1;/p-1. The van der Waals surface area contributed by atoms with E-state index in [1.807, 2.05) is 0 Å². The second-order valence-electron chi connectivity index (χ2n) is 0.950. The second-order valence-corrected chi connectivity index (χ2v) is 1.89. The third kappa shape index (κ3) is 2.14. The Morgan fingerprint density at radius 3 is 2.22 bits per heavy atom. The van der Waals surface area contributed by atoms with Crippen molar-refractivity contribution in [1.29, 1.82) is 0 Å². The first-order chi connectivity index (χ1) is 3.70. The van der Waals surface area contributed by atoms with Gasteiger partial charge in [-0.2, -0.15) is 0 Å². The van der Waals surface area contributed by atoms with Gasteiger partial charge >= 0.3 is 5.28 Å². The minimum absolute atomic E-state index is 0. The first-order valence-corrected chi connectivity index (χ1v) is 2.63. The third-order valence-corrected chi connectivity index (χ3v) is 1.13. The summed E-state index contributed by atoms with van der Waals surface area (Å²) in [5.74, 6) is 0. The zero-order chi connectivity index (χ0) is 6.15. The number of aromatic nitrogens is 4. The van der Waals surface area contributed by atoms with Crippen LogP contribution in [0.5, 0.6) is 0 Å². The van der Waals surface area contributed by atoms with Crippen LogP contribution in [-0.4, -0.2) is 14.5 Å². The van der Waals surface area contributed by atoms with E-state index in [-0.39, 0.29) is 17.7 Å². The number of tetrazole rings is 1. The molecule has 0 radical (unpaired) electrons. The van der Waals surface area contributed by atoms with E-state index in [9.17, 15) is 0 Å². The van der Waals surface area contributed by atoms with Crippen LogP contribution in [0, 0.1) is 0 Å². The van der Waals surface area contributed by atoms with E-state index in [1.165, 1.54) is 0 Å². The molecule has 0 spiro atoms. The van der Waals surface area contributed by atoms with Crippen molar-refractivity contribution in [1.82, 2.24) is 14.5 Å². The molecule has 0 saturated carbocycles. The van der Waals surface area contributed by atoms with Gasteiger partial charge in [-0.3, -0.25) is 0 Å². The maximum absolute atomic E-state index is 5.23. The Balaban J connectivity index is 0.000000640. The predicted octanol–water partition coefficient (Wildman–Crippen LogP) is -2.77. The molecule has 4 nitrogen and oxygen atoms in total. The monoisotopic (exact) mass is 208 g/mol. The SMILES string of the molecule is Clc1nn(Cl)[n+](Cl)n1.[Cl-]. The highest BCUT2D eigenvalue weighted by Gasteiger charge is 2.11. The van der Waals surface area contributed by atoms with Crippen LogP contribution in [-0.2, 0) is 0 Å². The molecule has 1 heterocycles. The van der Waals surface area contributed by atoms with Crippen LogP contribution in [0.15, 0.2) is 0 Å². The molecule has 0 saturated heterocycles. The van der Waals surface area contributed by atoms with Gasteiger partial charge < -0.3 is 12.4 Å². The summed E-state index contributed by atoms with van der Waals surface area (Å²) in [6.45, 7) is 0. The summed E-state index contributed by atoms with van der Waals surface area (Å²) in [4.78, 5) is 0. The molecular weight excluding hydrogens is 210 g/mol. The lowest BCUT2D eigenvalue weighted by molar-refractivity contribution is -0.662. The van der Waals surface area contributed by atoms with Crippen LogP contribution >= 0.6 is 35.2 Å². The van der Waals surface area contributed by atoms with Crippen LogP contribution in [0.4, 0.5) is 0 Å². The molecule has 1 aromatic rings. The van der Waals surface area contributed by atoms with Crippen molar-refractivity contribution in [3.05, 3.63) is 5.28 Å². The van der Waals surface area contributed by atoms with Crippen molar-refractivity contribution in [2.75, 3.05) is 0 Å². The Bertz CT molecular complexity index is 175. The van der Waals surface area contributed by atoms with Gasteiger partial charge in [0, 0.05) is 5.10 Å². The van der Waals surface area contributed by atoms with E-state index in [0.717, 1.165) is 8.63 Å². The Kier molecular flexibility index (Phi) is 3.50. The van der Waals surface area contributed by atoms with Crippen molar-refractivity contribution < 1.29 is 16.7 Å². The number of rotatable bonds is 0. The van der Waals surface area contributed by atoms with Gasteiger partial charge in [-0.25, -0.2) is 0 Å². The lowest BCUT2D eigenvalue weighted by Crippen LogP contribution is -3.00. The highest BCUT2D eigenvalue weighted by molar-refractivity contribution is 6.28. The number of nitrogens with zero attached hydrogens (tertiary/aromatic N) is 4. The fraction of sp³-hybridized carbons (Fsp3) is 0. The zero-order valence-electron chi connectivity index (χ0n) is 3.80. The van der Waals surface area contributed by atoms with Gasteiger partial charge in [0.25, 0.3) is 0 Å². The van der Waals surface area contributed by atoms with Crippen molar-refractivity contribution in [3.8, 4) is 0 Å². The van der Waals surface area contributed by atoms with E-state index in [1.54, 1.807) is 0 Å². The first-order valence-electron chi connectivity index (χ1n) is 1.57. The van der Waals surface area contributed by atoms with Gasteiger partial charge in [0.15, 0.2) is 11.8 Å². The van der Waals surface area contributed by atoms with E-state index < -0.39 is 0 Å². The van der Waals surface area contributed by atoms with Crippen LogP contribution in [0.25, 0.3) is 0 Å². The Morgan fingerprint density at radius 1 is 1.56 bits per heavy atom. The quantitative estimate of drug-likeness (QED) is 0.464. The minimum atomic E-state index is 0. The molecule has 8 heteroatoms. The lowest BCUT2D eigenvalue weighted by Gasteiger charge is -1.67. The Hall–Kier alpha value is 0.230. The second kappa shape index (κ2) is 3.41. The number of halogens is 4. The van der Waals surface area contributed by atoms with Crippen LogP contribution in [0.2, 0.25) is 5.28 Å². The van der Waals surface area contributed by atoms with Crippen molar-refractivity contribution in [2.45, 2.75) is 0 Å². The number of hydrogen-bond acceptors (Lipinski definition) is 2. The Labute approximate surface area is 71.9 Å². The third-order valence-electron chi connectivity index (χ3n) is 0.466. The van der Waals surface area contributed by atoms with Gasteiger partial charge in [0.05, 0.1) is 8.63 Å². The molecule has 0 aliphatic heterocycles. The van der Waals surface area contributed by atoms with E-state index in [0.29, 0.717) is 0 Å². The molecule has 0 fully saturated rings. The van der Waals surface area contributed by atoms with Crippen LogP contribution < -0.4 is 16.7 Å². The predicted molar refractivity (Wildman–Crippen MR) is 27.7 cm³/mol. The molecule has 9 heavy (non-hydrogen) atoms. The fourth-order valence-electron chi connectivity index (χ4n) is 0.230. The summed E-state index contributed by atoms with van der Waals surface area (Å²) in [7, 11) is 0. The lowest BCUT2D eigenvalue weighted by atomic mass is 11.4. The summed E-state index contributed by atoms with van der Waals surface area (Å²) in [6, 6.07) is 0. The van der Waals surface area contributed by atoms with Crippen molar-refractivity contribution in [3.63, 3.8) is 0 Å². The normalized spacial score (nSPS) is 8.78. The van der Waals surface area contributed by atoms with Gasteiger partial charge in [0.1, 0.15) is 16.9 Å². The molecule has 0 unspecified atom stereocenters. The van der Waals surface area contributed by atoms with Crippen molar-refractivity contribution >= 4 is 35.2 Å². The zero-order valence-corrected chi connectivity index (χ0v) is 6.82. The van der Waals surface area contributed by atoms with Crippen molar-refractivity contribution in [2.24, 2.45) is 0 Å². The molecular formula is CCl4N4. The summed E-state index contributed by atoms with van der Waals surface area (Å²) in [6.07, 6.45) is 0.